The Labute approximate surface area is 178 Å². The predicted octanol–water partition coefficient (Wildman–Crippen LogP) is 2.05. The highest BCUT2D eigenvalue weighted by Crippen LogP contribution is 2.24. The molecule has 0 aliphatic heterocycles. The highest BCUT2D eigenvalue weighted by molar-refractivity contribution is 5.72. The van der Waals surface area contributed by atoms with Gasteiger partial charge in [0.25, 0.3) is 0 Å². The van der Waals surface area contributed by atoms with Crippen molar-refractivity contribution in [3.63, 3.8) is 0 Å². The lowest BCUT2D eigenvalue weighted by Gasteiger charge is -2.11. The number of methoxy groups -OCH3 is 1. The lowest BCUT2D eigenvalue weighted by atomic mass is 10.1. The van der Waals surface area contributed by atoms with Crippen LogP contribution in [0.25, 0.3) is 28.0 Å². The predicted molar refractivity (Wildman–Crippen MR) is 115 cm³/mol. The molecule has 10 nitrogen and oxygen atoms in total. The Kier molecular flexibility index (Phi) is 5.31. The molecule has 2 atom stereocenters. The number of ether oxygens (including phenoxy) is 1. The van der Waals surface area contributed by atoms with E-state index in [-0.39, 0.29) is 12.1 Å². The molecular weight excluding hydrogens is 396 g/mol. The van der Waals surface area contributed by atoms with E-state index >= 15 is 0 Å². The van der Waals surface area contributed by atoms with Gasteiger partial charge in [0.15, 0.2) is 11.2 Å². The van der Waals surface area contributed by atoms with Crippen LogP contribution in [0.4, 0.5) is 5.95 Å². The fraction of sp³-hybridized carbons (Fsp3) is 0.381. The van der Waals surface area contributed by atoms with E-state index in [1.807, 2.05) is 41.3 Å². The third kappa shape index (κ3) is 4.12. The normalized spacial score (nSPS) is 18.6. The number of aromatic nitrogens is 7. The summed E-state index contributed by atoms with van der Waals surface area (Å²) in [5.41, 5.74) is 4.22. The van der Waals surface area contributed by atoms with E-state index in [4.69, 9.17) is 4.74 Å². The van der Waals surface area contributed by atoms with Crippen LogP contribution in [0.5, 0.6) is 0 Å². The molecule has 2 N–H and O–H groups in total. The van der Waals surface area contributed by atoms with Gasteiger partial charge in [-0.25, -0.2) is 4.98 Å². The van der Waals surface area contributed by atoms with E-state index in [1.54, 1.807) is 18.0 Å². The molecule has 160 valence electrons. The molecule has 31 heavy (non-hydrogen) atoms. The van der Waals surface area contributed by atoms with Crippen molar-refractivity contribution in [1.82, 2.24) is 34.7 Å². The number of aliphatic hydroxyl groups excluding tert-OH is 1. The summed E-state index contributed by atoms with van der Waals surface area (Å²) in [4.78, 5) is 8.96. The molecule has 0 bridgehead atoms. The number of benzene rings is 1. The van der Waals surface area contributed by atoms with Gasteiger partial charge in [0, 0.05) is 24.9 Å². The largest absolute Gasteiger partial charge is 0.393 e. The summed E-state index contributed by atoms with van der Waals surface area (Å²) in [6.07, 6.45) is 7.69. The molecule has 0 amide bonds. The molecule has 4 aromatic rings. The fourth-order valence-corrected chi connectivity index (χ4v) is 3.86. The van der Waals surface area contributed by atoms with Crippen molar-refractivity contribution in [1.29, 1.82) is 0 Å². The van der Waals surface area contributed by atoms with E-state index in [9.17, 15) is 5.11 Å². The summed E-state index contributed by atoms with van der Waals surface area (Å²) in [5, 5.41) is 25.9. The van der Waals surface area contributed by atoms with Gasteiger partial charge in [-0.15, -0.1) is 5.10 Å². The second kappa shape index (κ2) is 8.40. The van der Waals surface area contributed by atoms with Gasteiger partial charge < -0.3 is 15.2 Å². The van der Waals surface area contributed by atoms with Gasteiger partial charge in [-0.05, 0) is 37.0 Å². The van der Waals surface area contributed by atoms with Crippen LogP contribution in [-0.4, -0.2) is 65.7 Å². The van der Waals surface area contributed by atoms with E-state index < -0.39 is 0 Å². The molecule has 1 aliphatic carbocycles. The van der Waals surface area contributed by atoms with Crippen LogP contribution in [0, 0.1) is 0 Å². The first-order valence-electron chi connectivity index (χ1n) is 10.3. The van der Waals surface area contributed by atoms with E-state index in [2.05, 4.69) is 30.7 Å². The monoisotopic (exact) mass is 420 g/mol. The van der Waals surface area contributed by atoms with Crippen LogP contribution < -0.4 is 5.32 Å². The lowest BCUT2D eigenvalue weighted by molar-refractivity contribution is 0.182. The number of nitrogens with one attached hydrogen (secondary N) is 1. The summed E-state index contributed by atoms with van der Waals surface area (Å²) >= 11 is 0. The minimum absolute atomic E-state index is 0.181. The molecule has 1 unspecified atom stereocenters. The minimum Gasteiger partial charge on any atom is -0.393 e. The molecule has 5 rings (SSSR count). The molecule has 10 heteroatoms. The highest BCUT2D eigenvalue weighted by Gasteiger charge is 2.23. The standard InChI is InChI=1S/C21H24N8O2/c1-31-9-8-28-13-15(11-23-28)14-2-5-17(6-3-14)29-20-19(26-27-29)12-22-21(25-20)24-16-4-7-18(30)10-16/h2-3,5-6,11-13,16,18,30H,4,7-10H2,1H3,(H,22,24,25)/t16-,18?/m1/s1. The molecule has 1 saturated carbocycles. The summed E-state index contributed by atoms with van der Waals surface area (Å²) in [7, 11) is 1.68. The average Bonchev–Trinajstić information content (AvgIpc) is 3.52. The van der Waals surface area contributed by atoms with Crippen molar-refractivity contribution in [3.8, 4) is 16.8 Å². The van der Waals surface area contributed by atoms with Gasteiger partial charge >= 0.3 is 0 Å². The fourth-order valence-electron chi connectivity index (χ4n) is 3.86. The summed E-state index contributed by atoms with van der Waals surface area (Å²) in [6, 6.07) is 8.21. The van der Waals surface area contributed by atoms with Gasteiger partial charge in [-0.1, -0.05) is 17.3 Å². The van der Waals surface area contributed by atoms with Gasteiger partial charge in [0.1, 0.15) is 0 Å². The maximum Gasteiger partial charge on any atom is 0.225 e. The Balaban J connectivity index is 1.37. The molecule has 0 radical (unpaired) electrons. The molecule has 0 saturated heterocycles. The Morgan fingerprint density at radius 3 is 2.81 bits per heavy atom. The van der Waals surface area contributed by atoms with Crippen molar-refractivity contribution in [3.05, 3.63) is 42.9 Å². The number of rotatable bonds is 7. The lowest BCUT2D eigenvalue weighted by Crippen LogP contribution is -2.18. The second-order valence-corrected chi connectivity index (χ2v) is 7.74. The molecule has 3 heterocycles. The number of hydrogen-bond acceptors (Lipinski definition) is 8. The van der Waals surface area contributed by atoms with E-state index in [1.165, 1.54) is 0 Å². The maximum absolute atomic E-state index is 9.74. The third-order valence-corrected chi connectivity index (χ3v) is 5.53. The molecular formula is C21H24N8O2. The quantitative estimate of drug-likeness (QED) is 0.467. The highest BCUT2D eigenvalue weighted by atomic mass is 16.5. The zero-order chi connectivity index (χ0) is 21.2. The van der Waals surface area contributed by atoms with Crippen LogP contribution in [0.15, 0.2) is 42.9 Å². The van der Waals surface area contributed by atoms with Crippen molar-refractivity contribution < 1.29 is 9.84 Å². The van der Waals surface area contributed by atoms with Gasteiger partial charge in [-0.2, -0.15) is 14.8 Å². The number of fused-ring (bicyclic) bond motifs is 1. The molecule has 0 spiro atoms. The summed E-state index contributed by atoms with van der Waals surface area (Å²) in [6.45, 7) is 1.34. The number of anilines is 1. The first kappa shape index (κ1) is 19.6. The smallest absolute Gasteiger partial charge is 0.225 e. The molecule has 1 aromatic carbocycles. The SMILES string of the molecule is COCCn1cc(-c2ccc(-n3nnc4cnc(N[C@@H]5CCC(O)C5)nc43)cc2)cn1. The second-order valence-electron chi connectivity index (χ2n) is 7.74. The molecule has 1 fully saturated rings. The average molecular weight is 420 g/mol. The van der Waals surface area contributed by atoms with Gasteiger partial charge in [0.05, 0.1) is 37.3 Å². The number of nitrogens with zero attached hydrogens (tertiary/aromatic N) is 7. The zero-order valence-electron chi connectivity index (χ0n) is 17.2. The Hall–Kier alpha value is -3.37. The minimum atomic E-state index is -0.251. The number of hydrogen-bond donors (Lipinski definition) is 2. The Morgan fingerprint density at radius 1 is 1.16 bits per heavy atom. The zero-order valence-corrected chi connectivity index (χ0v) is 17.2. The maximum atomic E-state index is 9.74. The first-order valence-corrected chi connectivity index (χ1v) is 10.3. The van der Waals surface area contributed by atoms with Gasteiger partial charge in [-0.3, -0.25) is 4.68 Å². The number of aliphatic hydroxyl groups is 1. The summed E-state index contributed by atoms with van der Waals surface area (Å²) in [5.74, 6) is 0.523. The van der Waals surface area contributed by atoms with Crippen LogP contribution >= 0.6 is 0 Å². The van der Waals surface area contributed by atoms with Crippen molar-refractivity contribution >= 4 is 17.1 Å². The van der Waals surface area contributed by atoms with Crippen LogP contribution in [0.3, 0.4) is 0 Å². The van der Waals surface area contributed by atoms with Crippen molar-refractivity contribution in [2.75, 3.05) is 19.0 Å². The van der Waals surface area contributed by atoms with Crippen LogP contribution in [0.2, 0.25) is 0 Å². The van der Waals surface area contributed by atoms with Crippen molar-refractivity contribution in [2.24, 2.45) is 0 Å². The topological polar surface area (TPSA) is 116 Å². The van der Waals surface area contributed by atoms with Crippen molar-refractivity contribution in [2.45, 2.75) is 38.0 Å². The van der Waals surface area contributed by atoms with Crippen LogP contribution in [-0.2, 0) is 11.3 Å². The van der Waals surface area contributed by atoms with Crippen LogP contribution in [0.1, 0.15) is 19.3 Å². The van der Waals surface area contributed by atoms with E-state index in [0.717, 1.165) is 36.2 Å². The summed E-state index contributed by atoms with van der Waals surface area (Å²) < 4.78 is 8.67. The Bertz CT molecular complexity index is 1170. The Morgan fingerprint density at radius 2 is 2.03 bits per heavy atom. The molecule has 1 aliphatic rings. The molecule has 3 aromatic heterocycles. The third-order valence-electron chi connectivity index (χ3n) is 5.53. The first-order chi connectivity index (χ1) is 15.2. The van der Waals surface area contributed by atoms with Gasteiger partial charge in [0.2, 0.25) is 5.95 Å². The van der Waals surface area contributed by atoms with E-state index in [0.29, 0.717) is 30.1 Å².